The molecule has 2 aromatic carbocycles. The van der Waals surface area contributed by atoms with E-state index < -0.39 is 0 Å². The van der Waals surface area contributed by atoms with E-state index in [1.807, 2.05) is 12.1 Å². The second-order valence-corrected chi connectivity index (χ2v) is 6.46. The number of nitrogens with zero attached hydrogens (tertiary/aromatic N) is 3. The lowest BCUT2D eigenvalue weighted by Gasteiger charge is -2.16. The highest BCUT2D eigenvalue weighted by Gasteiger charge is 2.11. The van der Waals surface area contributed by atoms with Gasteiger partial charge in [-0.2, -0.15) is 5.26 Å². The van der Waals surface area contributed by atoms with E-state index in [1.165, 1.54) is 6.07 Å². The Kier molecular flexibility index (Phi) is 5.50. The molecule has 1 aromatic heterocycles. The van der Waals surface area contributed by atoms with Gasteiger partial charge in [-0.15, -0.1) is 0 Å². The maximum Gasteiger partial charge on any atom is 0.258 e. The second kappa shape index (κ2) is 7.99. The molecule has 8 heteroatoms. The first kappa shape index (κ1) is 18.6. The molecule has 0 bridgehead atoms. The number of aromatic amines is 1. The minimum Gasteiger partial charge on any atom is -0.325 e. The molecule has 0 aliphatic rings. The number of likely N-dealkylation sites (N-methyl/N-ethyl adjacent to an activating group) is 1. The number of carbonyl (C=O) groups is 1. The number of nitrogens with one attached hydrogen (secondary N) is 2. The van der Waals surface area contributed by atoms with Crippen molar-refractivity contribution < 1.29 is 4.79 Å². The maximum absolute atomic E-state index is 12.2. The minimum absolute atomic E-state index is 0.0914. The molecule has 3 aromatic rings. The van der Waals surface area contributed by atoms with E-state index in [4.69, 9.17) is 16.9 Å². The smallest absolute Gasteiger partial charge is 0.258 e. The van der Waals surface area contributed by atoms with Gasteiger partial charge in [0.2, 0.25) is 5.91 Å². The average Bonchev–Trinajstić information content (AvgIpc) is 2.61. The van der Waals surface area contributed by atoms with Gasteiger partial charge in [-0.05, 0) is 37.4 Å². The number of anilines is 1. The van der Waals surface area contributed by atoms with Gasteiger partial charge in [0.05, 0.1) is 34.6 Å². The molecule has 0 saturated carbocycles. The average molecular weight is 382 g/mol. The largest absolute Gasteiger partial charge is 0.325 e. The zero-order valence-corrected chi connectivity index (χ0v) is 15.2. The zero-order valence-electron chi connectivity index (χ0n) is 14.5. The summed E-state index contributed by atoms with van der Waals surface area (Å²) < 4.78 is 0. The Bertz CT molecular complexity index is 1100. The van der Waals surface area contributed by atoms with Crippen molar-refractivity contribution in [1.82, 2.24) is 14.9 Å². The summed E-state index contributed by atoms with van der Waals surface area (Å²) in [6.07, 6.45) is 0. The van der Waals surface area contributed by atoms with E-state index in [-0.39, 0.29) is 23.0 Å². The number of aromatic nitrogens is 2. The van der Waals surface area contributed by atoms with Crippen LogP contribution in [0.15, 0.2) is 47.3 Å². The molecule has 27 heavy (non-hydrogen) atoms. The molecule has 2 N–H and O–H groups in total. The quantitative estimate of drug-likeness (QED) is 0.707. The van der Waals surface area contributed by atoms with Gasteiger partial charge in [0.1, 0.15) is 11.9 Å². The van der Waals surface area contributed by atoms with Crippen LogP contribution in [0.3, 0.4) is 0 Å². The van der Waals surface area contributed by atoms with E-state index >= 15 is 0 Å². The Hall–Kier alpha value is -3.21. The molecular weight excluding hydrogens is 366 g/mol. The standard InChI is InChI=1S/C19H16ClN5O2/c1-25(10-17-23-16-5-3-2-4-14(16)19(27)24-17)11-18(26)22-13-7-6-12(9-21)15(20)8-13/h2-8H,10-11H2,1H3,(H,22,26)(H,23,24,27). The van der Waals surface area contributed by atoms with Crippen molar-refractivity contribution in [3.8, 4) is 6.07 Å². The summed E-state index contributed by atoms with van der Waals surface area (Å²) in [6.45, 7) is 0.399. The number of fused-ring (bicyclic) bond motifs is 1. The normalized spacial score (nSPS) is 10.7. The van der Waals surface area contributed by atoms with Gasteiger partial charge >= 0.3 is 0 Å². The summed E-state index contributed by atoms with van der Waals surface area (Å²) >= 11 is 5.96. The molecule has 0 aliphatic heterocycles. The number of nitriles is 1. The van der Waals surface area contributed by atoms with Crippen molar-refractivity contribution in [3.05, 3.63) is 69.2 Å². The SMILES string of the molecule is CN(CC(=O)Nc1ccc(C#N)c(Cl)c1)Cc1nc2ccccc2c(=O)[nH]1. The van der Waals surface area contributed by atoms with E-state index in [0.717, 1.165) is 0 Å². The molecule has 1 heterocycles. The molecule has 0 aliphatic carbocycles. The number of hydrogen-bond donors (Lipinski definition) is 2. The first-order chi connectivity index (χ1) is 13.0. The highest BCUT2D eigenvalue weighted by atomic mass is 35.5. The van der Waals surface area contributed by atoms with Gasteiger partial charge in [0, 0.05) is 5.69 Å². The van der Waals surface area contributed by atoms with Crippen LogP contribution in [0.4, 0.5) is 5.69 Å². The lowest BCUT2D eigenvalue weighted by atomic mass is 10.2. The van der Waals surface area contributed by atoms with Crippen molar-refractivity contribution in [2.24, 2.45) is 0 Å². The first-order valence-electron chi connectivity index (χ1n) is 8.12. The fraction of sp³-hybridized carbons (Fsp3) is 0.158. The Morgan fingerprint density at radius 1 is 1.33 bits per heavy atom. The Balaban J connectivity index is 1.64. The van der Waals surface area contributed by atoms with Crippen LogP contribution in [0.1, 0.15) is 11.4 Å². The van der Waals surface area contributed by atoms with Crippen LogP contribution in [-0.4, -0.2) is 34.4 Å². The molecule has 136 valence electrons. The van der Waals surface area contributed by atoms with Gasteiger partial charge in [0.25, 0.3) is 5.56 Å². The molecule has 0 spiro atoms. The highest BCUT2D eigenvalue weighted by Crippen LogP contribution is 2.20. The lowest BCUT2D eigenvalue weighted by Crippen LogP contribution is -2.31. The van der Waals surface area contributed by atoms with Crippen molar-refractivity contribution in [2.45, 2.75) is 6.54 Å². The summed E-state index contributed by atoms with van der Waals surface area (Å²) in [6, 6.07) is 13.7. The monoisotopic (exact) mass is 381 g/mol. The summed E-state index contributed by atoms with van der Waals surface area (Å²) in [5.41, 5.74) is 1.26. The summed E-state index contributed by atoms with van der Waals surface area (Å²) in [4.78, 5) is 33.2. The fourth-order valence-electron chi connectivity index (χ4n) is 2.65. The Labute approximate surface area is 160 Å². The van der Waals surface area contributed by atoms with Gasteiger partial charge < -0.3 is 10.3 Å². The molecule has 0 atom stereocenters. The topological polar surface area (TPSA) is 102 Å². The molecular formula is C19H16ClN5O2. The lowest BCUT2D eigenvalue weighted by molar-refractivity contribution is -0.117. The van der Waals surface area contributed by atoms with Gasteiger partial charge in [0.15, 0.2) is 0 Å². The minimum atomic E-state index is -0.249. The second-order valence-electron chi connectivity index (χ2n) is 6.06. The number of hydrogen-bond acceptors (Lipinski definition) is 5. The number of amides is 1. The van der Waals surface area contributed by atoms with Crippen LogP contribution in [0.25, 0.3) is 10.9 Å². The number of rotatable bonds is 5. The van der Waals surface area contributed by atoms with Crippen LogP contribution in [-0.2, 0) is 11.3 Å². The molecule has 0 fully saturated rings. The number of para-hydroxylation sites is 1. The van der Waals surface area contributed by atoms with Crippen molar-refractivity contribution in [2.75, 3.05) is 18.9 Å². The third-order valence-corrected chi connectivity index (χ3v) is 4.18. The van der Waals surface area contributed by atoms with Crippen LogP contribution in [0.2, 0.25) is 5.02 Å². The van der Waals surface area contributed by atoms with E-state index in [1.54, 1.807) is 42.3 Å². The molecule has 7 nitrogen and oxygen atoms in total. The number of benzene rings is 2. The maximum atomic E-state index is 12.2. The van der Waals surface area contributed by atoms with Crippen LogP contribution in [0, 0.1) is 11.3 Å². The molecule has 1 amide bonds. The predicted octanol–water partition coefficient (Wildman–Crippen LogP) is 2.52. The summed E-state index contributed by atoms with van der Waals surface area (Å²) in [5.74, 6) is 0.233. The summed E-state index contributed by atoms with van der Waals surface area (Å²) in [5, 5.41) is 12.4. The van der Waals surface area contributed by atoms with Crippen LogP contribution >= 0.6 is 11.6 Å². The number of H-pyrrole nitrogens is 1. The zero-order chi connectivity index (χ0) is 19.4. The third kappa shape index (κ3) is 4.50. The van der Waals surface area contributed by atoms with Gasteiger partial charge in [-0.1, -0.05) is 23.7 Å². The Morgan fingerprint density at radius 3 is 2.85 bits per heavy atom. The van der Waals surface area contributed by atoms with E-state index in [0.29, 0.717) is 34.5 Å². The van der Waals surface area contributed by atoms with Crippen LogP contribution in [0.5, 0.6) is 0 Å². The third-order valence-electron chi connectivity index (χ3n) is 3.87. The Morgan fingerprint density at radius 2 is 2.11 bits per heavy atom. The van der Waals surface area contributed by atoms with Gasteiger partial charge in [-0.25, -0.2) is 4.98 Å². The molecule has 3 rings (SSSR count). The predicted molar refractivity (Wildman–Crippen MR) is 103 cm³/mol. The van der Waals surface area contributed by atoms with Crippen LogP contribution < -0.4 is 10.9 Å². The van der Waals surface area contributed by atoms with E-state index in [9.17, 15) is 9.59 Å². The number of carbonyl (C=O) groups excluding carboxylic acids is 1. The summed E-state index contributed by atoms with van der Waals surface area (Å²) in [7, 11) is 1.75. The van der Waals surface area contributed by atoms with Crippen molar-refractivity contribution in [1.29, 1.82) is 5.26 Å². The highest BCUT2D eigenvalue weighted by molar-refractivity contribution is 6.32. The van der Waals surface area contributed by atoms with E-state index in [2.05, 4.69) is 15.3 Å². The van der Waals surface area contributed by atoms with Crippen molar-refractivity contribution in [3.63, 3.8) is 0 Å². The first-order valence-corrected chi connectivity index (χ1v) is 8.50. The fourth-order valence-corrected chi connectivity index (χ4v) is 2.87. The molecule has 0 radical (unpaired) electrons. The molecule has 0 saturated heterocycles. The van der Waals surface area contributed by atoms with Crippen molar-refractivity contribution >= 4 is 34.1 Å². The van der Waals surface area contributed by atoms with Gasteiger partial charge in [-0.3, -0.25) is 14.5 Å². The molecule has 0 unspecified atom stereocenters. The number of halogens is 1.